The number of hydrogen-bond donors (Lipinski definition) is 1. The molecule has 6 atom stereocenters. The summed E-state index contributed by atoms with van der Waals surface area (Å²) in [5, 5.41) is 11.1. The molecule has 3 fully saturated rings. The number of rotatable bonds is 12. The van der Waals surface area contributed by atoms with Crippen LogP contribution in [0.4, 0.5) is 5.69 Å². The number of carbonyl (C=O) groups excluding carboxylic acids is 3. The van der Waals surface area contributed by atoms with Gasteiger partial charge in [0, 0.05) is 6.54 Å². The van der Waals surface area contributed by atoms with Crippen molar-refractivity contribution in [1.29, 1.82) is 0 Å². The molecule has 2 aromatic rings. The van der Waals surface area contributed by atoms with Crippen LogP contribution < -0.4 is 4.90 Å². The molecule has 0 aliphatic carbocycles. The number of unbranched alkanes of at least 4 members (excludes halogenated alkanes) is 1. The quantitative estimate of drug-likeness (QED) is 0.203. The smallest absolute Gasteiger partial charge is 0.312 e. The minimum absolute atomic E-state index is 0.129. The Labute approximate surface area is 257 Å². The van der Waals surface area contributed by atoms with Crippen LogP contribution in [0.2, 0.25) is 5.02 Å². The largest absolute Gasteiger partial charge is 0.465 e. The van der Waals surface area contributed by atoms with Crippen LogP contribution in [0.25, 0.3) is 0 Å². The molecule has 8 nitrogen and oxygen atoms in total. The molecule has 228 valence electrons. The Morgan fingerprint density at radius 3 is 2.58 bits per heavy atom. The summed E-state index contributed by atoms with van der Waals surface area (Å²) in [6.07, 6.45) is 5.54. The number of anilines is 1. The Kier molecular flexibility index (Phi) is 8.84. The van der Waals surface area contributed by atoms with E-state index in [4.69, 9.17) is 21.1 Å². The molecule has 0 radical (unpaired) electrons. The molecule has 9 heteroatoms. The number of ether oxygens (including phenoxy) is 2. The van der Waals surface area contributed by atoms with Gasteiger partial charge in [0.2, 0.25) is 5.91 Å². The van der Waals surface area contributed by atoms with Crippen molar-refractivity contribution in [3.63, 3.8) is 0 Å². The van der Waals surface area contributed by atoms with E-state index in [1.807, 2.05) is 56.3 Å². The summed E-state index contributed by atoms with van der Waals surface area (Å²) in [5.74, 6) is -3.19. The van der Waals surface area contributed by atoms with Gasteiger partial charge in [0.15, 0.2) is 0 Å². The zero-order valence-electron chi connectivity index (χ0n) is 24.7. The molecule has 0 aromatic heterocycles. The number of aliphatic hydroxyl groups is 1. The third-order valence-electron chi connectivity index (χ3n) is 9.23. The van der Waals surface area contributed by atoms with E-state index in [9.17, 15) is 19.5 Å². The van der Waals surface area contributed by atoms with E-state index < -0.39 is 59.5 Å². The minimum atomic E-state index is -1.30. The van der Waals surface area contributed by atoms with E-state index in [1.165, 1.54) is 9.80 Å². The van der Waals surface area contributed by atoms with Crippen LogP contribution in [0, 0.1) is 18.8 Å². The van der Waals surface area contributed by atoms with E-state index >= 15 is 0 Å². The number of aliphatic hydroxyl groups excluding tert-OH is 1. The molecular weight excluding hydrogens is 568 g/mol. The predicted octanol–water partition coefficient (Wildman–Crippen LogP) is 5.18. The molecule has 43 heavy (non-hydrogen) atoms. The molecule has 2 unspecified atom stereocenters. The molecule has 3 aliphatic heterocycles. The van der Waals surface area contributed by atoms with Crippen molar-refractivity contribution in [2.45, 2.75) is 62.8 Å². The fourth-order valence-electron chi connectivity index (χ4n) is 7.39. The summed E-state index contributed by atoms with van der Waals surface area (Å²) < 4.78 is 12.4. The van der Waals surface area contributed by atoms with Gasteiger partial charge in [0.1, 0.15) is 17.6 Å². The third kappa shape index (κ3) is 5.09. The van der Waals surface area contributed by atoms with Crippen LogP contribution in [0.3, 0.4) is 0 Å². The Bertz CT molecular complexity index is 1390. The number of benzene rings is 2. The van der Waals surface area contributed by atoms with Gasteiger partial charge < -0.3 is 24.4 Å². The van der Waals surface area contributed by atoms with Crippen LogP contribution in [-0.4, -0.2) is 64.8 Å². The molecule has 3 heterocycles. The molecule has 3 aliphatic rings. The Balaban J connectivity index is 1.64. The van der Waals surface area contributed by atoms with Crippen LogP contribution >= 0.6 is 11.6 Å². The summed E-state index contributed by atoms with van der Waals surface area (Å²) in [6.45, 7) is 11.2. The van der Waals surface area contributed by atoms with Gasteiger partial charge in [-0.3, -0.25) is 14.4 Å². The fraction of sp³-hybridized carbons (Fsp3) is 0.441. The van der Waals surface area contributed by atoms with E-state index in [-0.39, 0.29) is 13.2 Å². The van der Waals surface area contributed by atoms with Gasteiger partial charge in [0.05, 0.1) is 41.5 Å². The predicted molar refractivity (Wildman–Crippen MR) is 164 cm³/mol. The summed E-state index contributed by atoms with van der Waals surface area (Å²) in [5.41, 5.74) is -0.325. The van der Waals surface area contributed by atoms with Gasteiger partial charge in [0.25, 0.3) is 5.91 Å². The summed E-state index contributed by atoms with van der Waals surface area (Å²) in [6, 6.07) is 12.5. The number of fused-ring (bicyclic) bond motifs is 1. The first kappa shape index (κ1) is 31.0. The van der Waals surface area contributed by atoms with Crippen LogP contribution in [0.15, 0.2) is 73.8 Å². The lowest BCUT2D eigenvalue weighted by Gasteiger charge is -2.40. The molecule has 0 saturated carbocycles. The second-order valence-electron chi connectivity index (χ2n) is 11.8. The number of carbonyl (C=O) groups is 3. The molecule has 3 saturated heterocycles. The SMILES string of the molecule is C=CCCCOC(=O)[C@@H]1[C@H]2C(=O)N([C@H](CO)c3ccccc3)C(C(=O)N(CC=C)c3c(C)cccc3Cl)C23CC[C@@]1(C)O3. The average molecular weight is 607 g/mol. The van der Waals surface area contributed by atoms with Crippen molar-refractivity contribution in [3.8, 4) is 0 Å². The van der Waals surface area contributed by atoms with Crippen molar-refractivity contribution in [2.24, 2.45) is 11.8 Å². The van der Waals surface area contributed by atoms with Crippen LogP contribution in [0.1, 0.15) is 49.8 Å². The van der Waals surface area contributed by atoms with Crippen molar-refractivity contribution in [1.82, 2.24) is 4.90 Å². The van der Waals surface area contributed by atoms with E-state index in [2.05, 4.69) is 13.2 Å². The van der Waals surface area contributed by atoms with E-state index in [0.717, 1.165) is 5.56 Å². The van der Waals surface area contributed by atoms with Crippen LogP contribution in [0.5, 0.6) is 0 Å². The summed E-state index contributed by atoms with van der Waals surface area (Å²) in [4.78, 5) is 46.2. The highest BCUT2D eigenvalue weighted by Crippen LogP contribution is 2.64. The first-order valence-corrected chi connectivity index (χ1v) is 15.2. The number of halogens is 1. The lowest BCUT2D eigenvalue weighted by atomic mass is 9.66. The van der Waals surface area contributed by atoms with Crippen molar-refractivity contribution >= 4 is 35.1 Å². The van der Waals surface area contributed by atoms with E-state index in [1.54, 1.807) is 18.2 Å². The highest BCUT2D eigenvalue weighted by atomic mass is 35.5. The second-order valence-corrected chi connectivity index (χ2v) is 12.2. The van der Waals surface area contributed by atoms with Gasteiger partial charge in [-0.05, 0) is 56.7 Å². The Morgan fingerprint density at radius 2 is 1.93 bits per heavy atom. The fourth-order valence-corrected chi connectivity index (χ4v) is 7.71. The van der Waals surface area contributed by atoms with E-state index in [0.29, 0.717) is 42.0 Å². The first-order valence-electron chi connectivity index (χ1n) is 14.8. The first-order chi connectivity index (χ1) is 20.6. The molecular formula is C34H39ClN2O6. The Hall–Kier alpha value is -3.46. The number of likely N-dealkylation sites (tertiary alicyclic amines) is 1. The lowest BCUT2D eigenvalue weighted by molar-refractivity contribution is -0.160. The van der Waals surface area contributed by atoms with Crippen molar-refractivity contribution in [2.75, 3.05) is 24.7 Å². The number of nitrogens with zero attached hydrogens (tertiary/aromatic N) is 2. The molecule has 1 N–H and O–H groups in total. The van der Waals surface area contributed by atoms with Gasteiger partial charge in [-0.15, -0.1) is 13.2 Å². The van der Waals surface area contributed by atoms with Gasteiger partial charge >= 0.3 is 5.97 Å². The maximum atomic E-state index is 14.9. The number of para-hydroxylation sites is 1. The monoisotopic (exact) mass is 606 g/mol. The Morgan fingerprint density at radius 1 is 1.19 bits per heavy atom. The van der Waals surface area contributed by atoms with Gasteiger partial charge in [-0.2, -0.15) is 0 Å². The van der Waals surface area contributed by atoms with Gasteiger partial charge in [-0.25, -0.2) is 0 Å². The number of aryl methyl sites for hydroxylation is 1. The number of hydrogen-bond acceptors (Lipinski definition) is 6. The highest BCUT2D eigenvalue weighted by molar-refractivity contribution is 6.34. The number of amides is 2. The molecule has 2 bridgehead atoms. The maximum absolute atomic E-state index is 14.9. The number of esters is 1. The van der Waals surface area contributed by atoms with Crippen LogP contribution in [-0.2, 0) is 23.9 Å². The average Bonchev–Trinajstić information content (AvgIpc) is 3.56. The minimum Gasteiger partial charge on any atom is -0.465 e. The zero-order valence-corrected chi connectivity index (χ0v) is 25.5. The third-order valence-corrected chi connectivity index (χ3v) is 9.53. The van der Waals surface area contributed by atoms with Crippen molar-refractivity contribution < 1.29 is 29.0 Å². The number of allylic oxidation sites excluding steroid dienone is 1. The van der Waals surface area contributed by atoms with Gasteiger partial charge in [-0.1, -0.05) is 66.2 Å². The lowest BCUT2D eigenvalue weighted by Crippen LogP contribution is -2.57. The summed E-state index contributed by atoms with van der Waals surface area (Å²) in [7, 11) is 0. The standard InChI is InChI=1S/C34H39ClN2O6/c1-5-7-11-20-42-32(41)27-26-30(39)37(25(21-38)23-14-9-8-10-15-23)29(34(26)18-17-33(27,4)43-34)31(40)36(19-6-2)28-22(3)13-12-16-24(28)35/h5-6,8-10,12-16,25-27,29,38H,1-2,7,11,17-21H2,3-4H3/t25-,26+,27+,29?,33-,34?/m1/s1. The molecule has 2 amide bonds. The maximum Gasteiger partial charge on any atom is 0.312 e. The van der Waals surface area contributed by atoms with Crippen molar-refractivity contribution in [3.05, 3.63) is 90.0 Å². The normalized spacial score (nSPS) is 28.0. The molecule has 2 aromatic carbocycles. The summed E-state index contributed by atoms with van der Waals surface area (Å²) >= 11 is 6.66. The second kappa shape index (κ2) is 12.3. The highest BCUT2D eigenvalue weighted by Gasteiger charge is 2.79. The molecule has 1 spiro atoms. The topological polar surface area (TPSA) is 96.4 Å². The zero-order chi connectivity index (χ0) is 30.9. The molecule has 5 rings (SSSR count).